The van der Waals surface area contributed by atoms with Gasteiger partial charge in [-0.1, -0.05) is 54.2 Å². The SMILES string of the molecule is C.C=Cc1sc(C(C)C)nc1C.CCC. The molecular weight excluding hydrogens is 202 g/mol. The topological polar surface area (TPSA) is 12.9 Å². The van der Waals surface area contributed by atoms with Gasteiger partial charge in [0.15, 0.2) is 0 Å². The Labute approximate surface area is 99.3 Å². The molecule has 1 rings (SSSR count). The van der Waals surface area contributed by atoms with Crippen LogP contribution in [0.3, 0.4) is 0 Å². The minimum atomic E-state index is 0. The van der Waals surface area contributed by atoms with Crippen LogP contribution in [-0.2, 0) is 0 Å². The van der Waals surface area contributed by atoms with E-state index in [1.54, 1.807) is 11.3 Å². The summed E-state index contributed by atoms with van der Waals surface area (Å²) in [5.74, 6) is 0.535. The van der Waals surface area contributed by atoms with Crippen LogP contribution >= 0.6 is 11.3 Å². The number of aryl methyl sites for hydroxylation is 1. The minimum absolute atomic E-state index is 0. The van der Waals surface area contributed by atoms with E-state index >= 15 is 0 Å². The van der Waals surface area contributed by atoms with Gasteiger partial charge < -0.3 is 0 Å². The molecule has 0 radical (unpaired) electrons. The summed E-state index contributed by atoms with van der Waals surface area (Å²) >= 11 is 1.74. The molecular formula is C13H25NS. The number of hydrogen-bond donors (Lipinski definition) is 0. The third-order valence-electron chi connectivity index (χ3n) is 1.53. The Morgan fingerprint density at radius 3 is 2.07 bits per heavy atom. The monoisotopic (exact) mass is 227 g/mol. The van der Waals surface area contributed by atoms with Crippen LogP contribution in [0, 0.1) is 6.92 Å². The highest BCUT2D eigenvalue weighted by molar-refractivity contribution is 7.12. The molecule has 0 spiro atoms. The second-order valence-corrected chi connectivity index (χ2v) is 4.63. The molecule has 1 heterocycles. The smallest absolute Gasteiger partial charge is 0.0959 e. The Morgan fingerprint density at radius 2 is 1.87 bits per heavy atom. The highest BCUT2D eigenvalue weighted by Gasteiger charge is 2.06. The normalized spacial score (nSPS) is 8.93. The summed E-state index contributed by atoms with van der Waals surface area (Å²) in [6.45, 7) is 14.3. The highest BCUT2D eigenvalue weighted by Crippen LogP contribution is 2.24. The molecule has 0 N–H and O–H groups in total. The molecule has 0 bridgehead atoms. The summed E-state index contributed by atoms with van der Waals surface area (Å²) < 4.78 is 0. The first kappa shape index (κ1) is 16.8. The van der Waals surface area contributed by atoms with Crippen LogP contribution in [-0.4, -0.2) is 4.98 Å². The van der Waals surface area contributed by atoms with Gasteiger partial charge in [0.1, 0.15) is 0 Å². The van der Waals surface area contributed by atoms with Gasteiger partial charge in [-0.3, -0.25) is 0 Å². The van der Waals surface area contributed by atoms with Crippen LogP contribution in [0.15, 0.2) is 6.58 Å². The first-order chi connectivity index (χ1) is 6.56. The maximum absolute atomic E-state index is 4.43. The number of aromatic nitrogens is 1. The molecule has 0 aliphatic rings. The van der Waals surface area contributed by atoms with Crippen LogP contribution in [0.5, 0.6) is 0 Å². The number of thiazole rings is 1. The zero-order valence-electron chi connectivity index (χ0n) is 9.92. The lowest BCUT2D eigenvalue weighted by Crippen LogP contribution is -1.84. The molecule has 0 fully saturated rings. The summed E-state index contributed by atoms with van der Waals surface area (Å²) in [4.78, 5) is 5.63. The molecule has 0 unspecified atom stereocenters. The molecule has 0 atom stereocenters. The molecule has 1 aromatic heterocycles. The largest absolute Gasteiger partial charge is 0.246 e. The summed E-state index contributed by atoms with van der Waals surface area (Å²) in [6.07, 6.45) is 3.12. The fraction of sp³-hybridized carbons (Fsp3) is 0.615. The van der Waals surface area contributed by atoms with Gasteiger partial charge >= 0.3 is 0 Å². The predicted molar refractivity (Wildman–Crippen MR) is 73.7 cm³/mol. The van der Waals surface area contributed by atoms with Crippen molar-refractivity contribution in [3.63, 3.8) is 0 Å². The molecule has 0 saturated heterocycles. The van der Waals surface area contributed by atoms with E-state index in [0.29, 0.717) is 5.92 Å². The molecule has 0 saturated carbocycles. The lowest BCUT2D eigenvalue weighted by Gasteiger charge is -1.94. The third kappa shape index (κ3) is 5.73. The van der Waals surface area contributed by atoms with Crippen LogP contribution in [0.1, 0.15) is 63.0 Å². The van der Waals surface area contributed by atoms with Crippen molar-refractivity contribution < 1.29 is 0 Å². The van der Waals surface area contributed by atoms with Crippen molar-refractivity contribution in [2.24, 2.45) is 0 Å². The summed E-state index contributed by atoms with van der Waals surface area (Å²) in [5, 5.41) is 1.21. The van der Waals surface area contributed by atoms with Crippen LogP contribution in [0.2, 0.25) is 0 Å². The molecule has 1 nitrogen and oxygen atoms in total. The fourth-order valence-corrected chi connectivity index (χ4v) is 1.79. The maximum Gasteiger partial charge on any atom is 0.0959 e. The number of rotatable bonds is 2. The van der Waals surface area contributed by atoms with Gasteiger partial charge in [-0.15, -0.1) is 11.3 Å². The first-order valence-corrected chi connectivity index (χ1v) is 5.98. The Morgan fingerprint density at radius 1 is 1.40 bits per heavy atom. The van der Waals surface area contributed by atoms with E-state index in [9.17, 15) is 0 Å². The van der Waals surface area contributed by atoms with Crippen molar-refractivity contribution in [3.05, 3.63) is 22.2 Å². The lowest BCUT2D eigenvalue weighted by atomic mass is 10.2. The summed E-state index contributed by atoms with van der Waals surface area (Å²) in [7, 11) is 0. The van der Waals surface area contributed by atoms with Gasteiger partial charge in [0.25, 0.3) is 0 Å². The van der Waals surface area contributed by atoms with Crippen molar-refractivity contribution >= 4 is 17.4 Å². The number of hydrogen-bond acceptors (Lipinski definition) is 2. The van der Waals surface area contributed by atoms with E-state index in [2.05, 4.69) is 39.3 Å². The van der Waals surface area contributed by atoms with E-state index in [0.717, 1.165) is 5.69 Å². The average molecular weight is 227 g/mol. The molecule has 0 amide bonds. The Balaban J connectivity index is 0. The molecule has 0 aromatic carbocycles. The number of nitrogens with zero attached hydrogens (tertiary/aromatic N) is 1. The fourth-order valence-electron chi connectivity index (χ4n) is 0.866. The van der Waals surface area contributed by atoms with Crippen molar-refractivity contribution in [2.75, 3.05) is 0 Å². The highest BCUT2D eigenvalue weighted by atomic mass is 32.1. The summed E-state index contributed by atoms with van der Waals surface area (Å²) in [5.41, 5.74) is 1.11. The Bertz CT molecular complexity index is 274. The molecule has 2 heteroatoms. The zero-order chi connectivity index (χ0) is 11.1. The van der Waals surface area contributed by atoms with E-state index in [1.165, 1.54) is 16.3 Å². The molecule has 0 aliphatic carbocycles. The van der Waals surface area contributed by atoms with Gasteiger partial charge in [0, 0.05) is 10.8 Å². The quantitative estimate of drug-likeness (QED) is 0.670. The van der Waals surface area contributed by atoms with Crippen LogP contribution in [0.4, 0.5) is 0 Å². The standard InChI is InChI=1S/C9H13NS.C3H8.CH4/c1-5-8-7(4)10-9(11-8)6(2)3;1-3-2;/h5-6H,1H2,2-4H3;3H2,1-2H3;1H4. The third-order valence-corrected chi connectivity index (χ3v) is 2.98. The van der Waals surface area contributed by atoms with E-state index < -0.39 is 0 Å². The predicted octanol–water partition coefficient (Wildman–Crippen LogP) is 5.27. The van der Waals surface area contributed by atoms with E-state index in [1.807, 2.05) is 13.0 Å². The molecule has 0 aliphatic heterocycles. The molecule has 15 heavy (non-hydrogen) atoms. The zero-order valence-corrected chi connectivity index (χ0v) is 10.7. The van der Waals surface area contributed by atoms with Crippen molar-refractivity contribution in [1.82, 2.24) is 4.98 Å². The van der Waals surface area contributed by atoms with Crippen LogP contribution in [0.25, 0.3) is 6.08 Å². The van der Waals surface area contributed by atoms with Crippen molar-refractivity contribution in [1.29, 1.82) is 0 Å². The van der Waals surface area contributed by atoms with Crippen molar-refractivity contribution in [2.45, 2.75) is 54.4 Å². The minimum Gasteiger partial charge on any atom is -0.246 e. The molecule has 88 valence electrons. The summed E-state index contributed by atoms with van der Waals surface area (Å²) in [6, 6.07) is 0. The molecule has 1 aromatic rings. The Kier molecular flexibility index (Phi) is 9.69. The second kappa shape index (κ2) is 8.66. The second-order valence-electron chi connectivity index (χ2n) is 3.57. The van der Waals surface area contributed by atoms with Crippen LogP contribution < -0.4 is 0 Å². The average Bonchev–Trinajstić information content (AvgIpc) is 2.48. The van der Waals surface area contributed by atoms with E-state index in [4.69, 9.17) is 0 Å². The van der Waals surface area contributed by atoms with Gasteiger partial charge in [0.2, 0.25) is 0 Å². The van der Waals surface area contributed by atoms with Gasteiger partial charge in [0.05, 0.1) is 10.7 Å². The Hall–Kier alpha value is -0.630. The van der Waals surface area contributed by atoms with Crippen molar-refractivity contribution in [3.8, 4) is 0 Å². The lowest BCUT2D eigenvalue weighted by molar-refractivity contribution is 0.847. The van der Waals surface area contributed by atoms with E-state index in [-0.39, 0.29) is 7.43 Å². The first-order valence-electron chi connectivity index (χ1n) is 5.16. The van der Waals surface area contributed by atoms with Gasteiger partial charge in [-0.2, -0.15) is 0 Å². The van der Waals surface area contributed by atoms with Gasteiger partial charge in [-0.25, -0.2) is 4.98 Å². The maximum atomic E-state index is 4.43. The van der Waals surface area contributed by atoms with Gasteiger partial charge in [-0.05, 0) is 6.92 Å².